The minimum absolute atomic E-state index is 0.0320. The molecule has 0 atom stereocenters. The normalized spacial score (nSPS) is 15.1. The maximum atomic E-state index is 12.4. The van der Waals surface area contributed by atoms with Crippen LogP contribution >= 0.6 is 0 Å². The van der Waals surface area contributed by atoms with Crippen molar-refractivity contribution in [2.75, 3.05) is 13.2 Å². The van der Waals surface area contributed by atoms with Crippen LogP contribution in [0.25, 0.3) is 11.0 Å². The molecule has 9 heteroatoms. The third kappa shape index (κ3) is 2.95. The van der Waals surface area contributed by atoms with E-state index in [9.17, 15) is 18.0 Å². The van der Waals surface area contributed by atoms with Gasteiger partial charge in [-0.05, 0) is 24.3 Å². The number of esters is 1. The molecule has 1 aliphatic heterocycles. The number of carbonyl (C=O) groups is 2. The van der Waals surface area contributed by atoms with Gasteiger partial charge in [-0.25, -0.2) is 12.7 Å². The van der Waals surface area contributed by atoms with Crippen molar-refractivity contribution in [1.82, 2.24) is 9.46 Å². The van der Waals surface area contributed by atoms with Gasteiger partial charge in [0.05, 0.1) is 18.5 Å². The van der Waals surface area contributed by atoms with E-state index in [4.69, 9.17) is 9.26 Å². The molecular weight excluding hydrogens is 372 g/mol. The van der Waals surface area contributed by atoms with Crippen molar-refractivity contribution in [2.24, 2.45) is 0 Å². The van der Waals surface area contributed by atoms with Crippen LogP contribution in [0.4, 0.5) is 0 Å². The van der Waals surface area contributed by atoms with Crippen LogP contribution in [-0.4, -0.2) is 42.9 Å². The van der Waals surface area contributed by atoms with Gasteiger partial charge < -0.3 is 9.26 Å². The van der Waals surface area contributed by atoms with Gasteiger partial charge in [0.1, 0.15) is 17.2 Å². The van der Waals surface area contributed by atoms with E-state index >= 15 is 0 Å². The first-order valence-electron chi connectivity index (χ1n) is 8.13. The number of fused-ring (bicyclic) bond motifs is 2. The molecule has 0 radical (unpaired) electrons. The molecule has 0 N–H and O–H groups in total. The van der Waals surface area contributed by atoms with Crippen molar-refractivity contribution in [1.29, 1.82) is 0 Å². The molecule has 0 aliphatic carbocycles. The summed E-state index contributed by atoms with van der Waals surface area (Å²) in [5.74, 6) is -1.21. The second kappa shape index (κ2) is 6.51. The Kier molecular flexibility index (Phi) is 4.15. The Labute approximate surface area is 154 Å². The van der Waals surface area contributed by atoms with Crippen LogP contribution in [0.15, 0.2) is 57.9 Å². The summed E-state index contributed by atoms with van der Waals surface area (Å²) in [6.45, 7) is -0.491. The van der Waals surface area contributed by atoms with Crippen molar-refractivity contribution in [3.8, 4) is 0 Å². The van der Waals surface area contributed by atoms with Gasteiger partial charge in [0.2, 0.25) is 0 Å². The molecule has 0 fully saturated rings. The van der Waals surface area contributed by atoms with Gasteiger partial charge in [0, 0.05) is 5.39 Å². The van der Waals surface area contributed by atoms with E-state index in [1.165, 1.54) is 12.1 Å². The zero-order valence-corrected chi connectivity index (χ0v) is 14.8. The summed E-state index contributed by atoms with van der Waals surface area (Å²) in [7, 11) is -3.91. The number of rotatable bonds is 5. The SMILES string of the molecule is O=C(Cc1noc2ccccc12)OCCN1C(=O)c2ccccc2S1(=O)=O. The van der Waals surface area contributed by atoms with Crippen molar-refractivity contribution in [3.05, 3.63) is 59.8 Å². The summed E-state index contributed by atoms with van der Waals surface area (Å²) < 4.78 is 35.8. The van der Waals surface area contributed by atoms with E-state index in [1.54, 1.807) is 36.4 Å². The molecule has 27 heavy (non-hydrogen) atoms. The fourth-order valence-electron chi connectivity index (χ4n) is 2.95. The summed E-state index contributed by atoms with van der Waals surface area (Å²) in [5.41, 5.74) is 1.12. The van der Waals surface area contributed by atoms with Gasteiger partial charge in [0.15, 0.2) is 5.58 Å². The third-order valence-electron chi connectivity index (χ3n) is 4.23. The van der Waals surface area contributed by atoms with Crippen LogP contribution in [0.5, 0.6) is 0 Å². The molecule has 0 saturated carbocycles. The molecule has 8 nitrogen and oxygen atoms in total. The predicted molar refractivity (Wildman–Crippen MR) is 93.3 cm³/mol. The lowest BCUT2D eigenvalue weighted by Gasteiger charge is -2.14. The van der Waals surface area contributed by atoms with Crippen LogP contribution in [0.2, 0.25) is 0 Å². The Bertz CT molecular complexity index is 1150. The van der Waals surface area contributed by atoms with Crippen LogP contribution in [0.3, 0.4) is 0 Å². The van der Waals surface area contributed by atoms with E-state index in [0.717, 1.165) is 4.31 Å². The number of amides is 1. The molecule has 2 aromatic carbocycles. The Morgan fingerprint density at radius 3 is 2.67 bits per heavy atom. The monoisotopic (exact) mass is 386 g/mol. The van der Waals surface area contributed by atoms with Gasteiger partial charge in [-0.2, -0.15) is 0 Å². The highest BCUT2D eigenvalue weighted by atomic mass is 32.2. The smallest absolute Gasteiger partial charge is 0.312 e. The number of aromatic nitrogens is 1. The zero-order valence-electron chi connectivity index (χ0n) is 14.0. The van der Waals surface area contributed by atoms with Crippen molar-refractivity contribution in [2.45, 2.75) is 11.3 Å². The third-order valence-corrected chi connectivity index (χ3v) is 6.07. The number of hydrogen-bond acceptors (Lipinski definition) is 7. The van der Waals surface area contributed by atoms with E-state index in [2.05, 4.69) is 5.16 Å². The first-order valence-corrected chi connectivity index (χ1v) is 9.57. The summed E-state index contributed by atoms with van der Waals surface area (Å²) in [4.78, 5) is 24.3. The number of benzene rings is 2. The van der Waals surface area contributed by atoms with Crippen molar-refractivity contribution >= 4 is 32.9 Å². The molecule has 0 bridgehead atoms. The number of hydrogen-bond donors (Lipinski definition) is 0. The largest absolute Gasteiger partial charge is 0.463 e. The van der Waals surface area contributed by atoms with Crippen LogP contribution in [0.1, 0.15) is 16.1 Å². The second-order valence-corrected chi connectivity index (χ2v) is 7.73. The summed E-state index contributed by atoms with van der Waals surface area (Å²) >= 11 is 0. The number of sulfonamides is 1. The molecule has 1 amide bonds. The molecule has 0 saturated heterocycles. The van der Waals surface area contributed by atoms with E-state index in [-0.39, 0.29) is 30.0 Å². The first-order chi connectivity index (χ1) is 13.0. The molecule has 138 valence electrons. The van der Waals surface area contributed by atoms with Gasteiger partial charge in [-0.1, -0.05) is 29.4 Å². The number of para-hydroxylation sites is 1. The average Bonchev–Trinajstić information content (AvgIpc) is 3.15. The van der Waals surface area contributed by atoms with Crippen molar-refractivity contribution < 1.29 is 27.3 Å². The van der Waals surface area contributed by atoms with E-state index in [0.29, 0.717) is 16.7 Å². The summed E-state index contributed by atoms with van der Waals surface area (Å²) in [6, 6.07) is 13.1. The Morgan fingerprint density at radius 1 is 1.11 bits per heavy atom. The topological polar surface area (TPSA) is 107 Å². The molecule has 1 aliphatic rings. The van der Waals surface area contributed by atoms with Gasteiger partial charge >= 0.3 is 5.97 Å². The summed E-state index contributed by atoms with van der Waals surface area (Å²) in [6.07, 6.45) is -0.113. The number of ether oxygens (including phenoxy) is 1. The quantitative estimate of drug-likeness (QED) is 0.615. The Morgan fingerprint density at radius 2 is 1.85 bits per heavy atom. The molecule has 2 heterocycles. The minimum Gasteiger partial charge on any atom is -0.463 e. The van der Waals surface area contributed by atoms with E-state index < -0.39 is 21.9 Å². The average molecular weight is 386 g/mol. The zero-order chi connectivity index (χ0) is 19.0. The van der Waals surface area contributed by atoms with Gasteiger partial charge in [0.25, 0.3) is 15.9 Å². The molecular formula is C18H14N2O6S. The minimum atomic E-state index is -3.91. The molecule has 0 unspecified atom stereocenters. The molecule has 3 aromatic rings. The van der Waals surface area contributed by atoms with Crippen molar-refractivity contribution in [3.63, 3.8) is 0 Å². The lowest BCUT2D eigenvalue weighted by atomic mass is 10.2. The van der Waals surface area contributed by atoms with Gasteiger partial charge in [-0.15, -0.1) is 0 Å². The standard InChI is InChI=1S/C18H14N2O6S/c21-17(11-14-12-5-1-3-7-15(12)26-19-14)25-10-9-20-18(22)13-6-2-4-8-16(13)27(20,23)24/h1-8H,9-11H2. The highest BCUT2D eigenvalue weighted by Gasteiger charge is 2.40. The van der Waals surface area contributed by atoms with Gasteiger partial charge in [-0.3, -0.25) is 9.59 Å². The molecule has 4 rings (SSSR count). The van der Waals surface area contributed by atoms with Crippen LogP contribution < -0.4 is 0 Å². The number of carbonyl (C=O) groups excluding carboxylic acids is 2. The summed E-state index contributed by atoms with van der Waals surface area (Å²) in [5, 5.41) is 4.56. The highest BCUT2D eigenvalue weighted by molar-refractivity contribution is 7.90. The fraction of sp³-hybridized carbons (Fsp3) is 0.167. The van der Waals surface area contributed by atoms with E-state index in [1.807, 2.05) is 0 Å². The molecule has 0 spiro atoms. The second-order valence-electron chi connectivity index (χ2n) is 5.90. The van der Waals surface area contributed by atoms with Crippen LogP contribution in [-0.2, 0) is 26.0 Å². The maximum absolute atomic E-state index is 12.4. The fourth-order valence-corrected chi connectivity index (χ4v) is 4.50. The lowest BCUT2D eigenvalue weighted by Crippen LogP contribution is -2.33. The number of nitrogens with zero attached hydrogens (tertiary/aromatic N) is 2. The van der Waals surface area contributed by atoms with Crippen LogP contribution in [0, 0.1) is 0 Å². The highest BCUT2D eigenvalue weighted by Crippen LogP contribution is 2.29. The lowest BCUT2D eigenvalue weighted by molar-refractivity contribution is -0.143. The molecule has 1 aromatic heterocycles. The Hall–Kier alpha value is -3.20. The first kappa shape index (κ1) is 17.2. The predicted octanol–water partition coefficient (Wildman–Crippen LogP) is 1.76. The Balaban J connectivity index is 1.39. The maximum Gasteiger partial charge on any atom is 0.312 e.